The van der Waals surface area contributed by atoms with Crippen molar-refractivity contribution in [2.45, 2.75) is 19.8 Å². The number of benzene rings is 1. The van der Waals surface area contributed by atoms with Gasteiger partial charge in [0.1, 0.15) is 0 Å². The monoisotopic (exact) mass is 213 g/mol. The van der Waals surface area contributed by atoms with Crippen LogP contribution in [0.5, 0.6) is 5.75 Å². The van der Waals surface area contributed by atoms with Gasteiger partial charge in [0.2, 0.25) is 5.82 Å². The largest absolute Gasteiger partial charge is 0.504 e. The fourth-order valence-electron chi connectivity index (χ4n) is 2.06. The molecule has 1 aromatic rings. The summed E-state index contributed by atoms with van der Waals surface area (Å²) in [7, 11) is 0. The summed E-state index contributed by atoms with van der Waals surface area (Å²) in [5, 5.41) is 9.50. The molecule has 0 atom stereocenters. The molecule has 0 aromatic heterocycles. The van der Waals surface area contributed by atoms with E-state index in [0.29, 0.717) is 17.7 Å². The molecule has 4 heteroatoms. The van der Waals surface area contributed by atoms with E-state index in [-0.39, 0.29) is 0 Å². The van der Waals surface area contributed by atoms with Gasteiger partial charge in [-0.2, -0.15) is 4.39 Å². The van der Waals surface area contributed by atoms with E-state index in [9.17, 15) is 13.9 Å². The van der Waals surface area contributed by atoms with E-state index in [1.165, 1.54) is 6.07 Å². The van der Waals surface area contributed by atoms with Crippen LogP contribution in [0.25, 0.3) is 0 Å². The highest BCUT2D eigenvalue weighted by molar-refractivity contribution is 5.61. The Morgan fingerprint density at radius 1 is 1.47 bits per heavy atom. The highest BCUT2D eigenvalue weighted by atomic mass is 19.2. The molecule has 0 bridgehead atoms. The van der Waals surface area contributed by atoms with Crippen molar-refractivity contribution in [3.8, 4) is 5.75 Å². The maximum atomic E-state index is 13.1. The Bertz CT molecular complexity index is 393. The summed E-state index contributed by atoms with van der Waals surface area (Å²) in [5.41, 5.74) is 1.15. The first-order valence-electron chi connectivity index (χ1n) is 5.10. The van der Waals surface area contributed by atoms with E-state index in [1.807, 2.05) is 11.8 Å². The number of anilines is 1. The Hall–Kier alpha value is -1.32. The van der Waals surface area contributed by atoms with Crippen molar-refractivity contribution in [2.24, 2.45) is 0 Å². The van der Waals surface area contributed by atoms with Crippen LogP contribution in [-0.2, 0) is 6.42 Å². The fraction of sp³-hybridized carbons (Fsp3) is 0.455. The highest BCUT2D eigenvalue weighted by Crippen LogP contribution is 2.36. The van der Waals surface area contributed by atoms with Crippen molar-refractivity contribution < 1.29 is 13.9 Å². The van der Waals surface area contributed by atoms with E-state index < -0.39 is 17.4 Å². The first kappa shape index (κ1) is 10.2. The lowest BCUT2D eigenvalue weighted by molar-refractivity contribution is 0.399. The molecule has 1 aliphatic rings. The molecule has 0 unspecified atom stereocenters. The number of aromatic hydroxyl groups is 1. The van der Waals surface area contributed by atoms with E-state index in [0.717, 1.165) is 19.5 Å². The Kier molecular flexibility index (Phi) is 2.50. The molecule has 0 saturated carbocycles. The number of hydrogen-bond acceptors (Lipinski definition) is 2. The third-order valence-corrected chi connectivity index (χ3v) is 2.85. The van der Waals surface area contributed by atoms with Crippen LogP contribution in [0.2, 0.25) is 0 Å². The Labute approximate surface area is 87.1 Å². The molecule has 82 valence electrons. The Balaban J connectivity index is 2.58. The van der Waals surface area contributed by atoms with Gasteiger partial charge < -0.3 is 10.0 Å². The standard InChI is InChI=1S/C11H13F2NO/c1-2-14-5-3-4-7-9(14)6-8(12)10(13)11(7)15/h6,15H,2-5H2,1H3. The van der Waals surface area contributed by atoms with Gasteiger partial charge in [-0.25, -0.2) is 4.39 Å². The minimum atomic E-state index is -1.13. The normalized spacial score (nSPS) is 15.3. The van der Waals surface area contributed by atoms with Crippen molar-refractivity contribution in [1.82, 2.24) is 0 Å². The Morgan fingerprint density at radius 3 is 2.87 bits per heavy atom. The van der Waals surface area contributed by atoms with Crippen LogP contribution >= 0.6 is 0 Å². The van der Waals surface area contributed by atoms with E-state index in [2.05, 4.69) is 0 Å². The lowest BCUT2D eigenvalue weighted by Crippen LogP contribution is -2.29. The van der Waals surface area contributed by atoms with Gasteiger partial charge in [-0.3, -0.25) is 0 Å². The molecule has 1 aliphatic heterocycles. The average molecular weight is 213 g/mol. The van der Waals surface area contributed by atoms with Crippen LogP contribution in [0.3, 0.4) is 0 Å². The van der Waals surface area contributed by atoms with Gasteiger partial charge in [-0.15, -0.1) is 0 Å². The van der Waals surface area contributed by atoms with Crippen molar-refractivity contribution in [2.75, 3.05) is 18.0 Å². The second-order valence-electron chi connectivity index (χ2n) is 3.70. The molecule has 1 N–H and O–H groups in total. The molecule has 2 rings (SSSR count). The summed E-state index contributed by atoms with van der Waals surface area (Å²) in [5.74, 6) is -2.64. The molecular formula is C11H13F2NO. The number of halogens is 2. The predicted molar refractivity (Wildman–Crippen MR) is 54.2 cm³/mol. The molecule has 1 aromatic carbocycles. The third kappa shape index (κ3) is 1.54. The molecule has 0 radical (unpaired) electrons. The smallest absolute Gasteiger partial charge is 0.200 e. The van der Waals surface area contributed by atoms with Crippen LogP contribution in [0, 0.1) is 11.6 Å². The van der Waals surface area contributed by atoms with E-state index in [1.54, 1.807) is 0 Å². The minimum absolute atomic E-state index is 0.525. The minimum Gasteiger partial charge on any atom is -0.504 e. The number of nitrogens with zero attached hydrogens (tertiary/aromatic N) is 1. The van der Waals surface area contributed by atoms with Crippen LogP contribution in [0.15, 0.2) is 6.07 Å². The molecule has 2 nitrogen and oxygen atoms in total. The number of phenolic OH excluding ortho intramolecular Hbond substituents is 1. The number of hydrogen-bond donors (Lipinski definition) is 1. The Morgan fingerprint density at radius 2 is 2.20 bits per heavy atom. The molecule has 0 fully saturated rings. The van der Waals surface area contributed by atoms with Gasteiger partial charge in [0.15, 0.2) is 11.6 Å². The average Bonchev–Trinajstić information content (AvgIpc) is 2.25. The van der Waals surface area contributed by atoms with Crippen LogP contribution in [0.1, 0.15) is 18.9 Å². The second kappa shape index (κ2) is 3.68. The molecule has 1 heterocycles. The molecular weight excluding hydrogens is 200 g/mol. The number of rotatable bonds is 1. The molecule has 0 saturated heterocycles. The van der Waals surface area contributed by atoms with Gasteiger partial charge in [0.05, 0.1) is 0 Å². The summed E-state index contributed by atoms with van der Waals surface area (Å²) in [6, 6.07) is 1.17. The quantitative estimate of drug-likeness (QED) is 0.774. The summed E-state index contributed by atoms with van der Waals surface area (Å²) in [6.45, 7) is 3.51. The SMILES string of the molecule is CCN1CCCc2c1cc(F)c(F)c2O. The zero-order valence-corrected chi connectivity index (χ0v) is 8.56. The predicted octanol–water partition coefficient (Wildman–Crippen LogP) is 2.44. The van der Waals surface area contributed by atoms with Crippen molar-refractivity contribution in [3.63, 3.8) is 0 Å². The van der Waals surface area contributed by atoms with Crippen molar-refractivity contribution in [1.29, 1.82) is 0 Å². The van der Waals surface area contributed by atoms with E-state index >= 15 is 0 Å². The summed E-state index contributed by atoms with van der Waals surface area (Å²) in [4.78, 5) is 1.95. The molecule has 0 spiro atoms. The van der Waals surface area contributed by atoms with Gasteiger partial charge in [0.25, 0.3) is 0 Å². The van der Waals surface area contributed by atoms with Crippen LogP contribution < -0.4 is 4.90 Å². The third-order valence-electron chi connectivity index (χ3n) is 2.85. The topological polar surface area (TPSA) is 23.5 Å². The molecule has 15 heavy (non-hydrogen) atoms. The zero-order valence-electron chi connectivity index (χ0n) is 8.56. The van der Waals surface area contributed by atoms with Gasteiger partial charge >= 0.3 is 0 Å². The summed E-state index contributed by atoms with van der Waals surface area (Å²) < 4.78 is 26.2. The first-order chi connectivity index (χ1) is 7.15. The van der Waals surface area contributed by atoms with Crippen LogP contribution in [0.4, 0.5) is 14.5 Å². The molecule has 0 amide bonds. The summed E-state index contributed by atoms with van der Waals surface area (Å²) >= 11 is 0. The highest BCUT2D eigenvalue weighted by Gasteiger charge is 2.23. The maximum Gasteiger partial charge on any atom is 0.200 e. The fourth-order valence-corrected chi connectivity index (χ4v) is 2.06. The second-order valence-corrected chi connectivity index (χ2v) is 3.70. The number of phenols is 1. The zero-order chi connectivity index (χ0) is 11.0. The lowest BCUT2D eigenvalue weighted by atomic mass is 10.00. The van der Waals surface area contributed by atoms with E-state index in [4.69, 9.17) is 0 Å². The number of fused-ring (bicyclic) bond motifs is 1. The van der Waals surface area contributed by atoms with Crippen molar-refractivity contribution >= 4 is 5.69 Å². The lowest BCUT2D eigenvalue weighted by Gasteiger charge is -2.30. The maximum absolute atomic E-state index is 13.1. The van der Waals surface area contributed by atoms with Crippen molar-refractivity contribution in [3.05, 3.63) is 23.3 Å². The molecule has 0 aliphatic carbocycles. The van der Waals surface area contributed by atoms with Gasteiger partial charge in [0, 0.05) is 30.4 Å². The van der Waals surface area contributed by atoms with Crippen LogP contribution in [-0.4, -0.2) is 18.2 Å². The van der Waals surface area contributed by atoms with Gasteiger partial charge in [-0.1, -0.05) is 0 Å². The van der Waals surface area contributed by atoms with Gasteiger partial charge in [-0.05, 0) is 19.8 Å². The first-order valence-corrected chi connectivity index (χ1v) is 5.10. The summed E-state index contributed by atoms with van der Waals surface area (Å²) in [6.07, 6.45) is 1.47.